The molecule has 0 saturated heterocycles. The molecule has 0 aliphatic carbocycles. The van der Waals surface area contributed by atoms with E-state index < -0.39 is 12.1 Å². The summed E-state index contributed by atoms with van der Waals surface area (Å²) < 4.78 is 21.9. The minimum absolute atomic E-state index is 0.403. The molecule has 15 heavy (non-hydrogen) atoms. The Morgan fingerprint density at radius 3 is 2.00 bits per heavy atom. The molecule has 90 valence electrons. The fourth-order valence-electron chi connectivity index (χ4n) is 1.34. The zero-order chi connectivity index (χ0) is 11.7. The van der Waals surface area contributed by atoms with Crippen LogP contribution in [0.2, 0.25) is 0 Å². The smallest absolute Gasteiger partial charge is 0.304 e. The molecule has 5 heteroatoms. The highest BCUT2D eigenvalue weighted by Gasteiger charge is 2.40. The minimum Gasteiger partial charge on any atom is -0.378 e. The molecule has 1 unspecified atom stereocenters. The molecule has 0 radical (unpaired) electrons. The van der Waals surface area contributed by atoms with Gasteiger partial charge < -0.3 is 18.6 Å². The highest BCUT2D eigenvalue weighted by Crippen LogP contribution is 2.22. The summed E-state index contributed by atoms with van der Waals surface area (Å²) in [5.41, 5.74) is 0. The van der Waals surface area contributed by atoms with Crippen molar-refractivity contribution in [2.75, 3.05) is 19.8 Å². The van der Waals surface area contributed by atoms with Gasteiger partial charge in [0.25, 0.3) is 0 Å². The summed E-state index contributed by atoms with van der Waals surface area (Å²) in [6, 6.07) is 0. The van der Waals surface area contributed by atoms with Crippen molar-refractivity contribution in [3.63, 3.8) is 0 Å². The Balaban J connectivity index is 4.73. The molecule has 4 nitrogen and oxygen atoms in total. The summed E-state index contributed by atoms with van der Waals surface area (Å²) in [4.78, 5) is 0. The maximum atomic E-state index is 5.52. The van der Waals surface area contributed by atoms with Crippen molar-refractivity contribution in [2.24, 2.45) is 0 Å². The van der Waals surface area contributed by atoms with Gasteiger partial charge in [-0.15, -0.1) is 6.58 Å². The molecule has 0 amide bonds. The first kappa shape index (κ1) is 14.8. The van der Waals surface area contributed by atoms with Gasteiger partial charge in [0.15, 0.2) is 16.6 Å². The van der Waals surface area contributed by atoms with Crippen molar-refractivity contribution in [3.05, 3.63) is 12.7 Å². The summed E-state index contributed by atoms with van der Waals surface area (Å²) >= 11 is 0. The first-order valence-electron chi connectivity index (χ1n) is 5.27. The van der Waals surface area contributed by atoms with E-state index in [1.54, 1.807) is 6.08 Å². The van der Waals surface area contributed by atoms with Gasteiger partial charge in [0.05, 0.1) is 0 Å². The lowest BCUT2D eigenvalue weighted by Gasteiger charge is -2.36. The Hall–Kier alpha value is -0.203. The average Bonchev–Trinajstić information content (AvgIpc) is 2.25. The fraction of sp³-hybridized carbons (Fsp3) is 0.800. The molecule has 0 aromatic heterocycles. The van der Waals surface area contributed by atoms with Gasteiger partial charge in [-0.05, 0) is 20.8 Å². The number of rotatable bonds is 9. The fourth-order valence-corrected chi connectivity index (χ4v) is 1.80. The van der Waals surface area contributed by atoms with E-state index in [1.165, 1.54) is 0 Å². The molecular weight excluding hydrogens is 212 g/mol. The SMILES string of the molecule is C=CC(OCC)C(O[SiH3])(OCC)OCC. The number of hydrogen-bond acceptors (Lipinski definition) is 4. The van der Waals surface area contributed by atoms with Crippen LogP contribution in [0.4, 0.5) is 0 Å². The van der Waals surface area contributed by atoms with E-state index in [0.29, 0.717) is 30.3 Å². The van der Waals surface area contributed by atoms with Gasteiger partial charge in [0, 0.05) is 19.8 Å². The largest absolute Gasteiger partial charge is 0.378 e. The Bertz CT molecular complexity index is 169. The molecule has 0 rings (SSSR count). The quantitative estimate of drug-likeness (QED) is 0.333. The maximum absolute atomic E-state index is 5.52. The molecule has 0 saturated carbocycles. The van der Waals surface area contributed by atoms with Crippen LogP contribution in [0.1, 0.15) is 20.8 Å². The van der Waals surface area contributed by atoms with Crippen molar-refractivity contribution in [1.29, 1.82) is 0 Å². The Morgan fingerprint density at radius 2 is 1.73 bits per heavy atom. The summed E-state index contributed by atoms with van der Waals surface area (Å²) in [6.45, 7) is 11.0. The summed E-state index contributed by atoms with van der Waals surface area (Å²) in [5, 5.41) is 0. The third kappa shape index (κ3) is 4.04. The maximum Gasteiger partial charge on any atom is 0.304 e. The average molecular weight is 234 g/mol. The van der Waals surface area contributed by atoms with Gasteiger partial charge in [0.1, 0.15) is 0 Å². The highest BCUT2D eigenvalue weighted by atomic mass is 28.2. The highest BCUT2D eigenvalue weighted by molar-refractivity contribution is 5.98. The van der Waals surface area contributed by atoms with Crippen molar-refractivity contribution in [3.8, 4) is 0 Å². The van der Waals surface area contributed by atoms with E-state index in [0.717, 1.165) is 0 Å². The lowest BCUT2D eigenvalue weighted by molar-refractivity contribution is -0.374. The monoisotopic (exact) mass is 234 g/mol. The molecule has 0 heterocycles. The second kappa shape index (κ2) is 8.01. The topological polar surface area (TPSA) is 36.9 Å². The van der Waals surface area contributed by atoms with Crippen LogP contribution >= 0.6 is 0 Å². The normalized spacial score (nSPS) is 14.1. The van der Waals surface area contributed by atoms with Gasteiger partial charge in [-0.25, -0.2) is 0 Å². The van der Waals surface area contributed by atoms with E-state index >= 15 is 0 Å². The van der Waals surface area contributed by atoms with Crippen LogP contribution in [-0.4, -0.2) is 42.4 Å². The van der Waals surface area contributed by atoms with Crippen LogP contribution in [0.15, 0.2) is 12.7 Å². The standard InChI is InChI=1S/C10H22O4Si/c1-5-9(11-6-2)10(14-15,12-7-3)13-8-4/h5,9H,1,6-8H2,2-4,15H3. The zero-order valence-electron chi connectivity index (χ0n) is 10.1. The third-order valence-electron chi connectivity index (χ3n) is 1.88. The van der Waals surface area contributed by atoms with Crippen LogP contribution in [0, 0.1) is 0 Å². The lowest BCUT2D eigenvalue weighted by Crippen LogP contribution is -2.50. The van der Waals surface area contributed by atoms with Crippen LogP contribution in [0.5, 0.6) is 0 Å². The van der Waals surface area contributed by atoms with E-state index in [-0.39, 0.29) is 0 Å². The van der Waals surface area contributed by atoms with Gasteiger partial charge >= 0.3 is 5.97 Å². The number of hydrogen-bond donors (Lipinski definition) is 0. The second-order valence-electron chi connectivity index (χ2n) is 2.79. The van der Waals surface area contributed by atoms with E-state index in [1.807, 2.05) is 20.8 Å². The first-order valence-corrected chi connectivity index (χ1v) is 6.09. The first-order chi connectivity index (χ1) is 7.20. The summed E-state index contributed by atoms with van der Waals surface area (Å²) in [6.07, 6.45) is 1.24. The van der Waals surface area contributed by atoms with Crippen LogP contribution < -0.4 is 0 Å². The minimum atomic E-state index is -1.12. The lowest BCUT2D eigenvalue weighted by atomic mass is 10.3. The Labute approximate surface area is 95.1 Å². The Kier molecular flexibility index (Phi) is 7.90. The van der Waals surface area contributed by atoms with Crippen molar-refractivity contribution in [1.82, 2.24) is 0 Å². The molecule has 0 spiro atoms. The van der Waals surface area contributed by atoms with Crippen molar-refractivity contribution in [2.45, 2.75) is 32.8 Å². The molecule has 0 aromatic rings. The van der Waals surface area contributed by atoms with Gasteiger partial charge in [-0.1, -0.05) is 6.08 Å². The summed E-state index contributed by atoms with van der Waals surface area (Å²) in [5.74, 6) is -1.12. The van der Waals surface area contributed by atoms with E-state index in [4.69, 9.17) is 18.6 Å². The molecule has 0 fully saturated rings. The molecule has 0 aliphatic rings. The zero-order valence-corrected chi connectivity index (χ0v) is 12.1. The second-order valence-corrected chi connectivity index (χ2v) is 3.19. The van der Waals surface area contributed by atoms with Gasteiger partial charge in [-0.3, -0.25) is 0 Å². The molecule has 0 aromatic carbocycles. The molecule has 0 bridgehead atoms. The van der Waals surface area contributed by atoms with Gasteiger partial charge in [-0.2, -0.15) is 0 Å². The molecule has 1 atom stereocenters. The number of ether oxygens (including phenoxy) is 3. The predicted molar refractivity (Wildman–Crippen MR) is 62.6 cm³/mol. The molecule has 0 aliphatic heterocycles. The van der Waals surface area contributed by atoms with Crippen LogP contribution in [0.3, 0.4) is 0 Å². The summed E-state index contributed by atoms with van der Waals surface area (Å²) in [7, 11) is 0.506. The van der Waals surface area contributed by atoms with Crippen LogP contribution in [0.25, 0.3) is 0 Å². The van der Waals surface area contributed by atoms with Crippen molar-refractivity contribution >= 4 is 10.5 Å². The molecule has 0 N–H and O–H groups in total. The Morgan fingerprint density at radius 1 is 1.20 bits per heavy atom. The molecular formula is C10H22O4Si. The van der Waals surface area contributed by atoms with E-state index in [9.17, 15) is 0 Å². The van der Waals surface area contributed by atoms with Crippen molar-refractivity contribution < 1.29 is 18.6 Å². The van der Waals surface area contributed by atoms with E-state index in [2.05, 4.69) is 6.58 Å². The van der Waals surface area contributed by atoms with Gasteiger partial charge in [0.2, 0.25) is 0 Å². The van der Waals surface area contributed by atoms with Crippen LogP contribution in [-0.2, 0) is 18.6 Å². The predicted octanol–water partition coefficient (Wildman–Crippen LogP) is 0.601. The third-order valence-corrected chi connectivity index (χ3v) is 2.45.